The van der Waals surface area contributed by atoms with Crippen LogP contribution in [0.3, 0.4) is 0 Å². The number of carbonyl (C=O) groups excluding carboxylic acids is 1. The topological polar surface area (TPSA) is 71.8 Å². The molecule has 0 aromatic carbocycles. The zero-order chi connectivity index (χ0) is 13.2. The number of hydrogen-bond acceptors (Lipinski definition) is 4. The van der Waals surface area contributed by atoms with Crippen LogP contribution in [-0.2, 0) is 18.4 Å². The standard InChI is InChI=1S/C13H21N5O/c1-18-8-15-12(17-18)7-14-13(19)6-9-4-10-2-3-11(5-9)16-10/h8-11,16H,2-7H2,1H3,(H,14,19). The van der Waals surface area contributed by atoms with Gasteiger partial charge in [-0.15, -0.1) is 0 Å². The van der Waals surface area contributed by atoms with Gasteiger partial charge in [0, 0.05) is 25.6 Å². The van der Waals surface area contributed by atoms with Gasteiger partial charge < -0.3 is 10.6 Å². The van der Waals surface area contributed by atoms with E-state index in [1.807, 2.05) is 7.05 Å². The highest BCUT2D eigenvalue weighted by Gasteiger charge is 2.34. The van der Waals surface area contributed by atoms with E-state index in [9.17, 15) is 4.79 Å². The Kier molecular flexibility index (Phi) is 3.50. The summed E-state index contributed by atoms with van der Waals surface area (Å²) in [6.45, 7) is 0.428. The van der Waals surface area contributed by atoms with Crippen molar-refractivity contribution in [2.45, 2.75) is 50.7 Å². The number of nitrogens with zero attached hydrogens (tertiary/aromatic N) is 3. The number of piperidine rings is 1. The van der Waals surface area contributed by atoms with Gasteiger partial charge in [-0.1, -0.05) is 0 Å². The SMILES string of the molecule is Cn1cnc(CNC(=O)CC2CC3CCC(C2)N3)n1. The Bertz CT molecular complexity index is 446. The van der Waals surface area contributed by atoms with Crippen molar-refractivity contribution in [1.82, 2.24) is 25.4 Å². The van der Waals surface area contributed by atoms with Gasteiger partial charge in [0.15, 0.2) is 5.82 Å². The van der Waals surface area contributed by atoms with Gasteiger partial charge in [0.05, 0.1) is 6.54 Å². The maximum Gasteiger partial charge on any atom is 0.220 e. The predicted molar refractivity (Wildman–Crippen MR) is 70.1 cm³/mol. The van der Waals surface area contributed by atoms with Gasteiger partial charge >= 0.3 is 0 Å². The second-order valence-electron chi connectivity index (χ2n) is 5.79. The van der Waals surface area contributed by atoms with Gasteiger partial charge in [-0.25, -0.2) is 4.98 Å². The molecule has 104 valence electrons. The fraction of sp³-hybridized carbons (Fsp3) is 0.769. The second kappa shape index (κ2) is 5.28. The molecular formula is C13H21N5O. The molecule has 2 unspecified atom stereocenters. The molecule has 3 rings (SSSR count). The third kappa shape index (κ3) is 3.12. The van der Waals surface area contributed by atoms with E-state index < -0.39 is 0 Å². The first kappa shape index (κ1) is 12.6. The van der Waals surface area contributed by atoms with Crippen molar-refractivity contribution in [3.63, 3.8) is 0 Å². The summed E-state index contributed by atoms with van der Waals surface area (Å²) in [5.74, 6) is 1.33. The van der Waals surface area contributed by atoms with Crippen molar-refractivity contribution >= 4 is 5.91 Å². The maximum atomic E-state index is 11.9. The van der Waals surface area contributed by atoms with Crippen molar-refractivity contribution in [2.75, 3.05) is 0 Å². The number of hydrogen-bond donors (Lipinski definition) is 2. The Balaban J connectivity index is 1.44. The predicted octanol–water partition coefficient (Wildman–Crippen LogP) is 0.352. The van der Waals surface area contributed by atoms with Gasteiger partial charge in [0.1, 0.15) is 6.33 Å². The van der Waals surface area contributed by atoms with E-state index in [-0.39, 0.29) is 5.91 Å². The Morgan fingerprint density at radius 3 is 2.84 bits per heavy atom. The van der Waals surface area contributed by atoms with Crippen LogP contribution < -0.4 is 10.6 Å². The molecule has 6 nitrogen and oxygen atoms in total. The first-order valence-corrected chi connectivity index (χ1v) is 7.06. The molecule has 19 heavy (non-hydrogen) atoms. The van der Waals surface area contributed by atoms with Crippen LogP contribution in [0, 0.1) is 5.92 Å². The average Bonchev–Trinajstić information content (AvgIpc) is 2.93. The molecule has 0 spiro atoms. The molecule has 2 saturated heterocycles. The zero-order valence-corrected chi connectivity index (χ0v) is 11.3. The smallest absolute Gasteiger partial charge is 0.220 e. The highest BCUT2D eigenvalue weighted by molar-refractivity contribution is 5.76. The Labute approximate surface area is 113 Å². The minimum absolute atomic E-state index is 0.124. The normalized spacial score (nSPS) is 29.4. The van der Waals surface area contributed by atoms with E-state index >= 15 is 0 Å². The zero-order valence-electron chi connectivity index (χ0n) is 11.3. The van der Waals surface area contributed by atoms with Crippen LogP contribution in [0.25, 0.3) is 0 Å². The minimum Gasteiger partial charge on any atom is -0.349 e. The van der Waals surface area contributed by atoms with Gasteiger partial charge in [-0.2, -0.15) is 5.10 Å². The van der Waals surface area contributed by atoms with E-state index in [0.717, 1.165) is 12.8 Å². The first-order chi connectivity index (χ1) is 9.19. The summed E-state index contributed by atoms with van der Waals surface area (Å²) in [5, 5.41) is 10.7. The molecule has 2 bridgehead atoms. The van der Waals surface area contributed by atoms with E-state index in [1.54, 1.807) is 11.0 Å². The van der Waals surface area contributed by atoms with Crippen LogP contribution in [0.2, 0.25) is 0 Å². The monoisotopic (exact) mass is 263 g/mol. The van der Waals surface area contributed by atoms with Crippen LogP contribution in [0.15, 0.2) is 6.33 Å². The molecular weight excluding hydrogens is 242 g/mol. The van der Waals surface area contributed by atoms with Crippen molar-refractivity contribution < 1.29 is 4.79 Å². The molecule has 2 N–H and O–H groups in total. The Morgan fingerprint density at radius 1 is 1.47 bits per heavy atom. The quantitative estimate of drug-likeness (QED) is 0.822. The van der Waals surface area contributed by atoms with Gasteiger partial charge in [0.2, 0.25) is 5.91 Å². The molecule has 2 fully saturated rings. The third-order valence-electron chi connectivity index (χ3n) is 4.14. The summed E-state index contributed by atoms with van der Waals surface area (Å²) in [4.78, 5) is 16.0. The van der Waals surface area contributed by atoms with Crippen LogP contribution in [0.4, 0.5) is 0 Å². The van der Waals surface area contributed by atoms with E-state index in [1.165, 1.54) is 12.8 Å². The van der Waals surface area contributed by atoms with Crippen LogP contribution in [0.1, 0.15) is 37.9 Å². The molecule has 1 amide bonds. The molecule has 3 heterocycles. The lowest BCUT2D eigenvalue weighted by Crippen LogP contribution is -2.39. The lowest BCUT2D eigenvalue weighted by molar-refractivity contribution is -0.122. The van der Waals surface area contributed by atoms with Crippen LogP contribution in [-0.4, -0.2) is 32.8 Å². The van der Waals surface area contributed by atoms with E-state index in [2.05, 4.69) is 20.7 Å². The molecule has 2 aliphatic rings. The summed E-state index contributed by atoms with van der Waals surface area (Å²) < 4.78 is 1.64. The van der Waals surface area contributed by atoms with Crippen LogP contribution >= 0.6 is 0 Å². The summed E-state index contributed by atoms with van der Waals surface area (Å²) >= 11 is 0. The van der Waals surface area contributed by atoms with Gasteiger partial charge in [0.25, 0.3) is 0 Å². The molecule has 1 aromatic heterocycles. The van der Waals surface area contributed by atoms with Crippen molar-refractivity contribution in [2.24, 2.45) is 13.0 Å². The molecule has 0 saturated carbocycles. The lowest BCUT2D eigenvalue weighted by atomic mass is 9.89. The number of aromatic nitrogens is 3. The van der Waals surface area contributed by atoms with Crippen LogP contribution in [0.5, 0.6) is 0 Å². The third-order valence-corrected chi connectivity index (χ3v) is 4.14. The van der Waals surface area contributed by atoms with E-state index in [4.69, 9.17) is 0 Å². The molecule has 0 aliphatic carbocycles. The molecule has 2 aliphatic heterocycles. The van der Waals surface area contributed by atoms with Crippen molar-refractivity contribution in [3.8, 4) is 0 Å². The molecule has 6 heteroatoms. The second-order valence-corrected chi connectivity index (χ2v) is 5.79. The number of fused-ring (bicyclic) bond motifs is 2. The van der Waals surface area contributed by atoms with Gasteiger partial charge in [-0.05, 0) is 31.6 Å². The minimum atomic E-state index is 0.124. The fourth-order valence-electron chi connectivity index (χ4n) is 3.32. The van der Waals surface area contributed by atoms with Gasteiger partial charge in [-0.3, -0.25) is 9.48 Å². The molecule has 2 atom stereocenters. The highest BCUT2D eigenvalue weighted by Crippen LogP contribution is 2.32. The number of carbonyl (C=O) groups is 1. The Morgan fingerprint density at radius 2 is 2.21 bits per heavy atom. The van der Waals surface area contributed by atoms with Crippen molar-refractivity contribution in [3.05, 3.63) is 12.2 Å². The van der Waals surface area contributed by atoms with E-state index in [0.29, 0.717) is 36.8 Å². The first-order valence-electron chi connectivity index (χ1n) is 7.06. The average molecular weight is 263 g/mol. The lowest BCUT2D eigenvalue weighted by Gasteiger charge is -2.28. The van der Waals surface area contributed by atoms with Crippen molar-refractivity contribution in [1.29, 1.82) is 0 Å². The summed E-state index contributed by atoms with van der Waals surface area (Å²) in [6, 6.07) is 1.29. The largest absolute Gasteiger partial charge is 0.349 e. The number of rotatable bonds is 4. The number of aryl methyl sites for hydroxylation is 1. The fourth-order valence-corrected chi connectivity index (χ4v) is 3.32. The maximum absolute atomic E-state index is 11.9. The molecule has 1 aromatic rings. The highest BCUT2D eigenvalue weighted by atomic mass is 16.1. The number of nitrogens with one attached hydrogen (secondary N) is 2. The molecule has 0 radical (unpaired) electrons. The summed E-state index contributed by atoms with van der Waals surface area (Å²) in [6.07, 6.45) is 7.13. The Hall–Kier alpha value is -1.43. The summed E-state index contributed by atoms with van der Waals surface area (Å²) in [5.41, 5.74) is 0. The number of amides is 1. The summed E-state index contributed by atoms with van der Waals surface area (Å²) in [7, 11) is 1.82.